The second-order valence-corrected chi connectivity index (χ2v) is 42.5. The zero-order valence-electron chi connectivity index (χ0n) is 71.8. The lowest BCUT2D eigenvalue weighted by atomic mass is 10.0. The van der Waals surface area contributed by atoms with Crippen molar-refractivity contribution in [3.8, 4) is 45.0 Å². The summed E-state index contributed by atoms with van der Waals surface area (Å²) in [5, 5.41) is 20.5. The summed E-state index contributed by atoms with van der Waals surface area (Å²) < 4.78 is 117. The van der Waals surface area contributed by atoms with Crippen LogP contribution in [0.2, 0.25) is 30.1 Å². The number of aryl methyl sites for hydroxylation is 1. The summed E-state index contributed by atoms with van der Waals surface area (Å²) >= 11 is 38.6. The van der Waals surface area contributed by atoms with Crippen molar-refractivity contribution in [3.63, 3.8) is 0 Å². The van der Waals surface area contributed by atoms with Crippen molar-refractivity contribution in [1.82, 2.24) is 24.9 Å². The maximum atomic E-state index is 14.8. The fraction of sp³-hybridized carbons (Fsp3) is 0.130. The number of fused-ring (bicyclic) bond motifs is 4. The molecule has 688 valence electrons. The molecule has 4 saturated heterocycles. The number of benzene rings is 11. The topological polar surface area (TPSA) is 330 Å². The molecule has 25 nitrogen and oxygen atoms in total. The van der Waals surface area contributed by atoms with E-state index in [1.807, 2.05) is 115 Å². The van der Waals surface area contributed by atoms with Crippen LogP contribution in [0.5, 0.6) is 0 Å². The molecular weight excluding hydrogens is 1940 g/mol. The third-order valence-corrected chi connectivity index (χ3v) is 32.5. The number of sulfonamides is 4. The first-order valence-corrected chi connectivity index (χ1v) is 51.2. The molecule has 0 atom stereocenters. The van der Waals surface area contributed by atoms with Crippen molar-refractivity contribution in [3.05, 3.63) is 350 Å². The molecule has 9 heterocycles. The van der Waals surface area contributed by atoms with Gasteiger partial charge in [0.05, 0.1) is 121 Å². The number of pyridine rings is 5. The number of anilines is 8. The first-order valence-electron chi connectivity index (χ1n) is 42.5. The quantitative estimate of drug-likeness (QED) is 0.0698. The number of carbonyl (C=O) groups excluding carboxylic acids is 4. The maximum Gasteiger partial charge on any atom is 0.258 e. The van der Waals surface area contributed by atoms with Crippen molar-refractivity contribution in [2.45, 2.75) is 32.6 Å². The molecule has 0 saturated carbocycles. The van der Waals surface area contributed by atoms with Crippen LogP contribution in [0.3, 0.4) is 0 Å². The molecule has 4 fully saturated rings. The summed E-state index contributed by atoms with van der Waals surface area (Å²) in [6, 6.07) is 73.6. The van der Waals surface area contributed by atoms with Crippen molar-refractivity contribution in [2.75, 3.05) is 87.7 Å². The van der Waals surface area contributed by atoms with E-state index >= 15 is 0 Å². The van der Waals surface area contributed by atoms with Gasteiger partial charge < -0.3 is 21.3 Å². The largest absolute Gasteiger partial charge is 0.322 e. The Labute approximate surface area is 812 Å². The van der Waals surface area contributed by atoms with Crippen LogP contribution in [0.25, 0.3) is 88.2 Å². The number of rotatable bonds is 16. The van der Waals surface area contributed by atoms with Gasteiger partial charge in [-0.1, -0.05) is 142 Å². The lowest BCUT2D eigenvalue weighted by Gasteiger charge is -2.18. The normalized spacial score (nSPS) is 14.9. The number of nitrogens with zero attached hydrogens (tertiary/aromatic N) is 9. The third kappa shape index (κ3) is 20.6. The second-order valence-electron chi connectivity index (χ2n) is 32.0. The fourth-order valence-corrected chi connectivity index (χ4v) is 24.0. The average Bonchev–Trinajstić information content (AvgIpc) is 1.82. The van der Waals surface area contributed by atoms with Gasteiger partial charge in [-0.15, -0.1) is 0 Å². The predicted octanol–water partition coefficient (Wildman–Crippen LogP) is 22.5. The number of amides is 4. The van der Waals surface area contributed by atoms with Crippen LogP contribution in [-0.2, 0) is 40.1 Å². The first kappa shape index (κ1) is 94.5. The molecule has 5 aromatic heterocycles. The molecule has 0 unspecified atom stereocenters. The molecule has 4 aliphatic rings. The molecule has 4 aliphatic heterocycles. The predicted molar refractivity (Wildman–Crippen MR) is 542 cm³/mol. The molecule has 0 bridgehead atoms. The summed E-state index contributed by atoms with van der Waals surface area (Å²) in [5.74, 6) is -2.19. The number of halogens is 7. The van der Waals surface area contributed by atoms with E-state index in [1.54, 1.807) is 135 Å². The van der Waals surface area contributed by atoms with Crippen molar-refractivity contribution in [1.29, 1.82) is 0 Å². The number of hydrogen-bond acceptors (Lipinski definition) is 17. The molecule has 36 heteroatoms. The zero-order valence-corrected chi connectivity index (χ0v) is 79.6. The number of nitrogens with one attached hydrogen (secondary N) is 4. The van der Waals surface area contributed by atoms with Crippen LogP contribution in [-0.4, -0.2) is 131 Å². The fourth-order valence-electron chi connectivity index (χ4n) is 16.4. The SMILES string of the molecule is Cc1cc(N2CCCS2(=O)=O)ccc1C(=O)Nc1ccc(Cl)c(-c2nccc3ccccc23)c1.O=C(Nc1ccc(Cl)c(-c2ccc3cnccc3n2)c1)c1ccc(N2CCCS2(=O)=O)cc1Cl.O=C(Nc1ccc(Cl)c(-c2nccc3ccccc23)c1)c1ccc(N2CCCS2(=O)=O)cc1Cl.O=C(Nc1ccc(Cl)c(-c2nccc3ccccc23)c1)c1ccc(N2CCCS2(=O)=O)cc1F. The van der Waals surface area contributed by atoms with E-state index in [-0.39, 0.29) is 61.3 Å². The molecule has 20 rings (SSSR count). The minimum atomic E-state index is -3.44. The summed E-state index contributed by atoms with van der Waals surface area (Å²) in [7, 11) is -13.4. The Morgan fingerprint density at radius 2 is 0.654 bits per heavy atom. The lowest BCUT2D eigenvalue weighted by Crippen LogP contribution is -2.25. The second kappa shape index (κ2) is 40.0. The van der Waals surface area contributed by atoms with Gasteiger partial charge in [0.25, 0.3) is 23.6 Å². The van der Waals surface area contributed by atoms with Gasteiger partial charge in [0.2, 0.25) is 40.1 Å². The molecule has 136 heavy (non-hydrogen) atoms. The van der Waals surface area contributed by atoms with E-state index in [2.05, 4.69) is 46.2 Å². The van der Waals surface area contributed by atoms with E-state index in [0.717, 1.165) is 60.5 Å². The molecule has 4 amide bonds. The van der Waals surface area contributed by atoms with Gasteiger partial charge >= 0.3 is 0 Å². The van der Waals surface area contributed by atoms with E-state index in [1.165, 1.54) is 53.6 Å². The van der Waals surface area contributed by atoms with E-state index in [0.29, 0.717) is 157 Å². The van der Waals surface area contributed by atoms with Crippen LogP contribution in [0, 0.1) is 12.7 Å². The lowest BCUT2D eigenvalue weighted by molar-refractivity contribution is 0.101. The van der Waals surface area contributed by atoms with Gasteiger partial charge in [-0.05, 0) is 236 Å². The van der Waals surface area contributed by atoms with Gasteiger partial charge in [-0.2, -0.15) is 0 Å². The van der Waals surface area contributed by atoms with Crippen LogP contribution in [0.1, 0.15) is 72.7 Å². The Hall–Kier alpha value is -13.2. The molecule has 4 N–H and O–H groups in total. The molecular formula is C100H78Cl6FN13O12S4. The van der Waals surface area contributed by atoms with Crippen molar-refractivity contribution < 1.29 is 57.2 Å². The van der Waals surface area contributed by atoms with Crippen LogP contribution >= 0.6 is 69.6 Å². The zero-order chi connectivity index (χ0) is 95.5. The van der Waals surface area contributed by atoms with Gasteiger partial charge in [-0.25, -0.2) is 43.0 Å². The Morgan fingerprint density at radius 1 is 0.324 bits per heavy atom. The molecule has 0 spiro atoms. The molecule has 16 aromatic rings. The highest BCUT2D eigenvalue weighted by atomic mass is 35.5. The van der Waals surface area contributed by atoms with Crippen LogP contribution < -0.4 is 38.5 Å². The number of carbonyl (C=O) groups is 4. The van der Waals surface area contributed by atoms with Crippen molar-refractivity contribution in [2.24, 2.45) is 0 Å². The Balaban J connectivity index is 0.000000126. The number of aromatic nitrogens is 5. The summed E-state index contributed by atoms with van der Waals surface area (Å²) in [6.45, 7) is 3.36. The highest BCUT2D eigenvalue weighted by molar-refractivity contribution is 7.94. The van der Waals surface area contributed by atoms with Gasteiger partial charge in [0, 0.05) is 129 Å². The minimum absolute atomic E-state index is 0.0291. The summed E-state index contributed by atoms with van der Waals surface area (Å²) in [4.78, 5) is 74.0. The molecule has 11 aromatic carbocycles. The Kier molecular flexibility index (Phi) is 27.8. The Bertz CT molecular complexity index is 7440. The third-order valence-electron chi connectivity index (χ3n) is 23.0. The monoisotopic (exact) mass is 2010 g/mol. The van der Waals surface area contributed by atoms with Gasteiger partial charge in [-0.3, -0.25) is 56.3 Å². The van der Waals surface area contributed by atoms with Gasteiger partial charge in [0.15, 0.2) is 0 Å². The summed E-state index contributed by atoms with van der Waals surface area (Å²) in [5.41, 5.74) is 11.5. The standard InChI is InChI=1S/C26H22ClN3O3S.C25H19Cl2N3O3S.C25H19ClFN3O3S.C24H18Cl2N4O3S/c1-17-15-20(30-13-4-14-34(30,32)33)8-9-21(17)26(31)29-19-7-10-24(27)23(16-19)25-22-6-3-2-5-18(22)11-12-28-25;2*26-22-9-6-17(14-21(22)24-19-5-2-1-4-16(19)10-11-28-24)29-25(31)20-8-7-18(15-23(20)27)30-12-3-13-34(30,32)33;25-20-6-3-16(12-19(20)23-7-2-15-14-27-9-8-22(15)29-23)28-24(31)18-5-4-17(13-21(18)26)30-10-1-11-34(30,32)33/h2-3,5-12,15-16H,4,13-14H2,1H3,(H,29,31);2*1-2,4-11,14-15H,3,12-13H2,(H,29,31);2-9,12-14H,1,10-11H2,(H,28,31). The minimum Gasteiger partial charge on any atom is -0.322 e. The summed E-state index contributed by atoms with van der Waals surface area (Å²) in [6.07, 6.45) is 10.8. The molecule has 0 radical (unpaired) electrons. The smallest absolute Gasteiger partial charge is 0.258 e. The average molecular weight is 2010 g/mol. The van der Waals surface area contributed by atoms with E-state index < -0.39 is 63.6 Å². The van der Waals surface area contributed by atoms with E-state index in [4.69, 9.17) is 69.6 Å². The maximum absolute atomic E-state index is 14.8. The highest BCUT2D eigenvalue weighted by Crippen LogP contribution is 2.41. The van der Waals surface area contributed by atoms with Crippen LogP contribution in [0.15, 0.2) is 286 Å². The van der Waals surface area contributed by atoms with Crippen LogP contribution in [0.4, 0.5) is 49.9 Å². The van der Waals surface area contributed by atoms with Crippen molar-refractivity contribution >= 4 is 222 Å². The molecule has 0 aliphatic carbocycles. The number of hydrogen-bond donors (Lipinski definition) is 4. The highest BCUT2D eigenvalue weighted by Gasteiger charge is 2.34. The van der Waals surface area contributed by atoms with Gasteiger partial charge in [0.1, 0.15) is 5.82 Å². The first-order chi connectivity index (χ1) is 65.3. The Morgan fingerprint density at radius 3 is 1.01 bits per heavy atom. The van der Waals surface area contributed by atoms with E-state index in [9.17, 15) is 57.2 Å².